The summed E-state index contributed by atoms with van der Waals surface area (Å²) >= 11 is 0. The number of benzene rings is 2. The Labute approximate surface area is 153 Å². The third-order valence-electron chi connectivity index (χ3n) is 4.00. The van der Waals surface area contributed by atoms with Crippen molar-refractivity contribution in [2.45, 2.75) is 12.9 Å². The first-order chi connectivity index (χ1) is 13.3. The topological polar surface area (TPSA) is 87.2 Å². The Kier molecular flexibility index (Phi) is 4.10. The second kappa shape index (κ2) is 6.48. The molecule has 0 aliphatic heterocycles. The third-order valence-corrected chi connectivity index (χ3v) is 4.00. The number of aromatic nitrogens is 3. The van der Waals surface area contributed by atoms with Crippen LogP contribution in [0.3, 0.4) is 0 Å². The summed E-state index contributed by atoms with van der Waals surface area (Å²) in [5.41, 5.74) is -2.52. The molecule has 0 unspecified atom stereocenters. The van der Waals surface area contributed by atoms with Crippen LogP contribution in [0.4, 0.5) is 13.2 Å². The lowest BCUT2D eigenvalue weighted by molar-refractivity contribution is -0.136. The van der Waals surface area contributed by atoms with Crippen molar-refractivity contribution >= 4 is 21.9 Å². The zero-order chi connectivity index (χ0) is 19.9. The van der Waals surface area contributed by atoms with Gasteiger partial charge in [-0.1, -0.05) is 17.3 Å². The van der Waals surface area contributed by atoms with E-state index in [-0.39, 0.29) is 23.4 Å². The SMILES string of the molecule is O=c1cc(C(F)(F)F)c2ccc(OCn3nnc4ccccc4c3=O)cc2o1. The van der Waals surface area contributed by atoms with Crippen molar-refractivity contribution in [3.63, 3.8) is 0 Å². The predicted octanol–water partition coefficient (Wildman–Crippen LogP) is 2.95. The molecule has 142 valence electrons. The molecule has 0 spiro atoms. The van der Waals surface area contributed by atoms with Gasteiger partial charge in [0.2, 0.25) is 0 Å². The summed E-state index contributed by atoms with van der Waals surface area (Å²) in [4.78, 5) is 23.8. The van der Waals surface area contributed by atoms with Crippen molar-refractivity contribution in [1.82, 2.24) is 15.0 Å². The Morgan fingerprint density at radius 1 is 1.04 bits per heavy atom. The largest absolute Gasteiger partial charge is 0.471 e. The van der Waals surface area contributed by atoms with Gasteiger partial charge in [-0.15, -0.1) is 5.10 Å². The molecule has 2 heterocycles. The Hall–Kier alpha value is -3.69. The quantitative estimate of drug-likeness (QED) is 0.501. The first-order valence-electron chi connectivity index (χ1n) is 7.93. The van der Waals surface area contributed by atoms with E-state index in [4.69, 9.17) is 9.15 Å². The number of ether oxygens (including phenoxy) is 1. The summed E-state index contributed by atoms with van der Waals surface area (Å²) in [6.07, 6.45) is -4.70. The van der Waals surface area contributed by atoms with Gasteiger partial charge in [0, 0.05) is 17.5 Å². The molecule has 0 saturated carbocycles. The monoisotopic (exact) mass is 389 g/mol. The van der Waals surface area contributed by atoms with Crippen LogP contribution in [0.15, 0.2) is 62.5 Å². The summed E-state index contributed by atoms with van der Waals surface area (Å²) in [7, 11) is 0. The molecule has 0 saturated heterocycles. The number of nitrogens with zero attached hydrogens (tertiary/aromatic N) is 3. The number of fused-ring (bicyclic) bond motifs is 2. The predicted molar refractivity (Wildman–Crippen MR) is 91.9 cm³/mol. The van der Waals surface area contributed by atoms with E-state index in [1.165, 1.54) is 6.07 Å². The molecule has 2 aromatic carbocycles. The average Bonchev–Trinajstić information content (AvgIpc) is 2.66. The highest BCUT2D eigenvalue weighted by Crippen LogP contribution is 2.34. The molecule has 7 nitrogen and oxygen atoms in total. The van der Waals surface area contributed by atoms with Gasteiger partial charge in [-0.2, -0.15) is 17.9 Å². The lowest BCUT2D eigenvalue weighted by atomic mass is 10.1. The van der Waals surface area contributed by atoms with Gasteiger partial charge in [-0.3, -0.25) is 4.79 Å². The zero-order valence-corrected chi connectivity index (χ0v) is 13.9. The van der Waals surface area contributed by atoms with Gasteiger partial charge >= 0.3 is 11.8 Å². The van der Waals surface area contributed by atoms with Gasteiger partial charge in [0.25, 0.3) is 5.56 Å². The zero-order valence-electron chi connectivity index (χ0n) is 13.9. The molecule has 2 aromatic heterocycles. The van der Waals surface area contributed by atoms with Crippen LogP contribution in [0.5, 0.6) is 5.75 Å². The second-order valence-electron chi connectivity index (χ2n) is 5.82. The highest BCUT2D eigenvalue weighted by molar-refractivity contribution is 5.82. The smallest absolute Gasteiger partial charge is 0.417 e. The van der Waals surface area contributed by atoms with Gasteiger partial charge in [0.15, 0.2) is 6.73 Å². The molecule has 0 amide bonds. The minimum atomic E-state index is -4.70. The highest BCUT2D eigenvalue weighted by Gasteiger charge is 2.33. The molecular weight excluding hydrogens is 379 g/mol. The molecule has 0 bridgehead atoms. The van der Waals surface area contributed by atoms with Crippen molar-refractivity contribution in [1.29, 1.82) is 0 Å². The molecule has 0 N–H and O–H groups in total. The van der Waals surface area contributed by atoms with Crippen molar-refractivity contribution in [3.05, 3.63) is 74.9 Å². The van der Waals surface area contributed by atoms with E-state index < -0.39 is 22.9 Å². The Balaban J connectivity index is 1.67. The van der Waals surface area contributed by atoms with E-state index in [9.17, 15) is 22.8 Å². The van der Waals surface area contributed by atoms with Gasteiger partial charge in [-0.25, -0.2) is 4.79 Å². The fourth-order valence-corrected chi connectivity index (χ4v) is 2.71. The standard InChI is InChI=1S/C18H10F3N3O4/c19-18(20,21)13-8-16(25)28-15-7-10(5-6-11(13)15)27-9-24-17(26)12-3-1-2-4-14(12)22-23-24/h1-8H,9H2. The van der Waals surface area contributed by atoms with Crippen molar-refractivity contribution < 1.29 is 22.3 Å². The van der Waals surface area contributed by atoms with Gasteiger partial charge in [-0.05, 0) is 24.3 Å². The van der Waals surface area contributed by atoms with Crippen LogP contribution < -0.4 is 15.9 Å². The minimum absolute atomic E-state index is 0.0943. The molecule has 0 atom stereocenters. The van der Waals surface area contributed by atoms with Crippen LogP contribution in [0, 0.1) is 0 Å². The third kappa shape index (κ3) is 3.20. The molecule has 10 heteroatoms. The maximum atomic E-state index is 13.1. The van der Waals surface area contributed by atoms with Crippen LogP contribution in [0.1, 0.15) is 5.56 Å². The molecule has 4 aromatic rings. The van der Waals surface area contributed by atoms with E-state index >= 15 is 0 Å². The van der Waals surface area contributed by atoms with Crippen LogP contribution in [0.2, 0.25) is 0 Å². The average molecular weight is 389 g/mol. The maximum absolute atomic E-state index is 13.1. The minimum Gasteiger partial charge on any atom is -0.471 e. The number of halogens is 3. The van der Waals surface area contributed by atoms with Crippen LogP contribution >= 0.6 is 0 Å². The molecule has 0 fully saturated rings. The Morgan fingerprint density at radius 3 is 2.61 bits per heavy atom. The summed E-state index contributed by atoms with van der Waals surface area (Å²) in [6, 6.07) is 10.6. The molecule has 0 radical (unpaired) electrons. The van der Waals surface area contributed by atoms with E-state index in [2.05, 4.69) is 10.3 Å². The number of hydrogen-bond donors (Lipinski definition) is 0. The number of hydrogen-bond acceptors (Lipinski definition) is 6. The lowest BCUT2D eigenvalue weighted by Crippen LogP contribution is -2.26. The first-order valence-corrected chi connectivity index (χ1v) is 7.93. The van der Waals surface area contributed by atoms with E-state index in [0.717, 1.165) is 16.8 Å². The lowest BCUT2D eigenvalue weighted by Gasteiger charge is -2.11. The fraction of sp³-hybridized carbons (Fsp3) is 0.111. The van der Waals surface area contributed by atoms with Crippen molar-refractivity contribution in [2.75, 3.05) is 0 Å². The molecule has 28 heavy (non-hydrogen) atoms. The second-order valence-corrected chi connectivity index (χ2v) is 5.82. The Morgan fingerprint density at radius 2 is 1.82 bits per heavy atom. The fourth-order valence-electron chi connectivity index (χ4n) is 2.71. The van der Waals surface area contributed by atoms with Gasteiger partial charge in [0.1, 0.15) is 16.8 Å². The molecule has 4 rings (SSSR count). The van der Waals surface area contributed by atoms with Crippen LogP contribution in [-0.2, 0) is 12.9 Å². The number of rotatable bonds is 3. The van der Waals surface area contributed by atoms with Crippen LogP contribution in [-0.4, -0.2) is 15.0 Å². The maximum Gasteiger partial charge on any atom is 0.417 e. The summed E-state index contributed by atoms with van der Waals surface area (Å²) in [6.45, 7) is -0.328. The van der Waals surface area contributed by atoms with Gasteiger partial charge in [0.05, 0.1) is 10.9 Å². The van der Waals surface area contributed by atoms with Crippen molar-refractivity contribution in [2.24, 2.45) is 0 Å². The van der Waals surface area contributed by atoms with Crippen LogP contribution in [0.25, 0.3) is 21.9 Å². The summed E-state index contributed by atoms with van der Waals surface area (Å²) in [5.74, 6) is 0.0943. The Bertz CT molecular complexity index is 1310. The summed E-state index contributed by atoms with van der Waals surface area (Å²) in [5, 5.41) is 7.73. The van der Waals surface area contributed by atoms with Crippen molar-refractivity contribution in [3.8, 4) is 5.75 Å². The molecule has 0 aliphatic carbocycles. The first kappa shape index (κ1) is 17.7. The van der Waals surface area contributed by atoms with Gasteiger partial charge < -0.3 is 9.15 Å². The summed E-state index contributed by atoms with van der Waals surface area (Å²) < 4.78 is 50.4. The van der Waals surface area contributed by atoms with E-state index in [1.807, 2.05) is 0 Å². The highest BCUT2D eigenvalue weighted by atomic mass is 19.4. The molecular formula is C18H10F3N3O4. The van der Waals surface area contributed by atoms with E-state index in [1.54, 1.807) is 24.3 Å². The number of alkyl halides is 3. The normalized spacial score (nSPS) is 11.8. The molecule has 0 aliphatic rings. The van der Waals surface area contributed by atoms with E-state index in [0.29, 0.717) is 17.0 Å².